The van der Waals surface area contributed by atoms with Crippen LogP contribution in [0.3, 0.4) is 0 Å². The molecule has 108 valence electrons. The van der Waals surface area contributed by atoms with Gasteiger partial charge < -0.3 is 9.84 Å². The van der Waals surface area contributed by atoms with Gasteiger partial charge in [0.1, 0.15) is 0 Å². The van der Waals surface area contributed by atoms with Crippen molar-refractivity contribution < 1.29 is 9.84 Å². The van der Waals surface area contributed by atoms with Crippen LogP contribution in [0.2, 0.25) is 0 Å². The molecule has 1 N–H and O–H groups in total. The standard InChI is InChI=1S/C15H25NO2S/c1-15(2,3)13-10-19-14(16-13)9-11(17)6-7-12-5-4-8-18-12/h10-12,17H,4-9H2,1-3H3. The lowest BCUT2D eigenvalue weighted by atomic mass is 9.93. The van der Waals surface area contributed by atoms with E-state index in [1.54, 1.807) is 11.3 Å². The number of hydrogen-bond acceptors (Lipinski definition) is 4. The maximum atomic E-state index is 10.1. The molecule has 4 heteroatoms. The zero-order valence-electron chi connectivity index (χ0n) is 12.2. The minimum Gasteiger partial charge on any atom is -0.393 e. The Labute approximate surface area is 120 Å². The van der Waals surface area contributed by atoms with Gasteiger partial charge in [-0.1, -0.05) is 20.8 Å². The average Bonchev–Trinajstić information content (AvgIpc) is 2.95. The number of hydrogen-bond donors (Lipinski definition) is 1. The molecule has 0 saturated carbocycles. The molecule has 1 aromatic heterocycles. The Morgan fingerprint density at radius 3 is 2.89 bits per heavy atom. The third kappa shape index (κ3) is 4.55. The highest BCUT2D eigenvalue weighted by atomic mass is 32.1. The van der Waals surface area contributed by atoms with E-state index in [-0.39, 0.29) is 11.5 Å². The molecule has 0 aromatic carbocycles. The van der Waals surface area contributed by atoms with Gasteiger partial charge in [0.25, 0.3) is 0 Å². The first-order valence-corrected chi connectivity index (χ1v) is 8.07. The third-order valence-electron chi connectivity index (χ3n) is 3.58. The Hall–Kier alpha value is -0.450. The molecule has 2 rings (SSSR count). The predicted octanol–water partition coefficient (Wildman–Crippen LogP) is 3.30. The van der Waals surface area contributed by atoms with Crippen LogP contribution in [0.25, 0.3) is 0 Å². The molecule has 1 saturated heterocycles. The van der Waals surface area contributed by atoms with E-state index in [2.05, 4.69) is 31.1 Å². The van der Waals surface area contributed by atoms with Crippen LogP contribution in [0, 0.1) is 0 Å². The maximum absolute atomic E-state index is 10.1. The summed E-state index contributed by atoms with van der Waals surface area (Å²) in [5.74, 6) is 0. The van der Waals surface area contributed by atoms with E-state index in [0.717, 1.165) is 36.6 Å². The molecule has 1 aliphatic rings. The van der Waals surface area contributed by atoms with Crippen LogP contribution in [0.5, 0.6) is 0 Å². The zero-order chi connectivity index (χ0) is 13.9. The van der Waals surface area contributed by atoms with Gasteiger partial charge in [-0.05, 0) is 25.7 Å². The van der Waals surface area contributed by atoms with Crippen molar-refractivity contribution in [3.63, 3.8) is 0 Å². The topological polar surface area (TPSA) is 42.4 Å². The Kier molecular flexibility index (Phi) is 4.98. The molecular formula is C15H25NO2S. The van der Waals surface area contributed by atoms with Crippen molar-refractivity contribution in [3.8, 4) is 0 Å². The number of rotatable bonds is 5. The molecule has 1 aromatic rings. The summed E-state index contributed by atoms with van der Waals surface area (Å²) in [5.41, 5.74) is 1.22. The number of nitrogens with zero attached hydrogens (tertiary/aromatic N) is 1. The van der Waals surface area contributed by atoms with Crippen LogP contribution < -0.4 is 0 Å². The van der Waals surface area contributed by atoms with E-state index >= 15 is 0 Å². The van der Waals surface area contributed by atoms with Crippen LogP contribution in [-0.4, -0.2) is 28.9 Å². The van der Waals surface area contributed by atoms with Gasteiger partial charge in [0.05, 0.1) is 22.9 Å². The van der Waals surface area contributed by atoms with Crippen molar-refractivity contribution in [2.75, 3.05) is 6.61 Å². The van der Waals surface area contributed by atoms with Crippen molar-refractivity contribution in [3.05, 3.63) is 16.1 Å². The number of thiazole rings is 1. The highest BCUT2D eigenvalue weighted by Gasteiger charge is 2.20. The first-order valence-electron chi connectivity index (χ1n) is 7.19. The summed E-state index contributed by atoms with van der Waals surface area (Å²) in [6.45, 7) is 7.39. The van der Waals surface area contributed by atoms with Crippen molar-refractivity contribution in [1.29, 1.82) is 0 Å². The second-order valence-electron chi connectivity index (χ2n) is 6.45. The largest absolute Gasteiger partial charge is 0.393 e. The van der Waals surface area contributed by atoms with Gasteiger partial charge in [0.15, 0.2) is 0 Å². The fraction of sp³-hybridized carbons (Fsp3) is 0.800. The molecule has 2 atom stereocenters. The quantitative estimate of drug-likeness (QED) is 0.901. The minimum absolute atomic E-state index is 0.0946. The summed E-state index contributed by atoms with van der Waals surface area (Å²) >= 11 is 1.66. The molecular weight excluding hydrogens is 258 g/mol. The van der Waals surface area contributed by atoms with E-state index in [9.17, 15) is 5.11 Å². The first kappa shape index (κ1) is 14.9. The first-order chi connectivity index (χ1) is 8.95. The van der Waals surface area contributed by atoms with Gasteiger partial charge in [-0.15, -0.1) is 11.3 Å². The van der Waals surface area contributed by atoms with Crippen LogP contribution in [0.1, 0.15) is 57.2 Å². The molecule has 2 unspecified atom stereocenters. The third-order valence-corrected chi connectivity index (χ3v) is 4.45. The minimum atomic E-state index is -0.289. The average molecular weight is 283 g/mol. The van der Waals surface area contributed by atoms with Crippen molar-refractivity contribution in [2.45, 2.75) is 70.5 Å². The lowest BCUT2D eigenvalue weighted by molar-refractivity contribution is 0.0813. The Bertz CT molecular complexity index is 391. The Balaban J connectivity index is 1.78. The van der Waals surface area contributed by atoms with Crippen LogP contribution in [-0.2, 0) is 16.6 Å². The number of aliphatic hydroxyl groups is 1. The summed E-state index contributed by atoms with van der Waals surface area (Å²) in [7, 11) is 0. The van der Waals surface area contributed by atoms with Crippen LogP contribution >= 0.6 is 11.3 Å². The van der Waals surface area contributed by atoms with E-state index in [1.165, 1.54) is 6.42 Å². The summed E-state index contributed by atoms with van der Waals surface area (Å²) in [4.78, 5) is 4.63. The molecule has 0 bridgehead atoms. The van der Waals surface area contributed by atoms with Gasteiger partial charge in [0.2, 0.25) is 0 Å². The molecule has 0 spiro atoms. The summed E-state index contributed by atoms with van der Waals surface area (Å²) in [6.07, 6.45) is 4.86. The lowest BCUT2D eigenvalue weighted by Crippen LogP contribution is -2.16. The van der Waals surface area contributed by atoms with E-state index in [1.807, 2.05) is 0 Å². The fourth-order valence-electron chi connectivity index (χ4n) is 2.30. The van der Waals surface area contributed by atoms with E-state index < -0.39 is 0 Å². The molecule has 0 amide bonds. The predicted molar refractivity (Wildman–Crippen MR) is 78.7 cm³/mol. The molecule has 1 aliphatic heterocycles. The number of aliphatic hydroxyl groups excluding tert-OH is 1. The lowest BCUT2D eigenvalue weighted by Gasteiger charge is -2.15. The summed E-state index contributed by atoms with van der Waals surface area (Å²) in [6, 6.07) is 0. The second kappa shape index (κ2) is 6.33. The highest BCUT2D eigenvalue weighted by Crippen LogP contribution is 2.25. The fourth-order valence-corrected chi connectivity index (χ4v) is 3.40. The molecule has 3 nitrogen and oxygen atoms in total. The summed E-state index contributed by atoms with van der Waals surface area (Å²) in [5, 5.41) is 13.2. The van der Waals surface area contributed by atoms with Crippen molar-refractivity contribution in [2.24, 2.45) is 0 Å². The van der Waals surface area contributed by atoms with Gasteiger partial charge in [-0.25, -0.2) is 4.98 Å². The summed E-state index contributed by atoms with van der Waals surface area (Å²) < 4.78 is 5.58. The SMILES string of the molecule is CC(C)(C)c1csc(CC(O)CCC2CCCO2)n1. The highest BCUT2D eigenvalue weighted by molar-refractivity contribution is 7.09. The monoisotopic (exact) mass is 283 g/mol. The van der Waals surface area contributed by atoms with E-state index in [0.29, 0.717) is 12.5 Å². The molecule has 1 fully saturated rings. The van der Waals surface area contributed by atoms with Crippen LogP contribution in [0.4, 0.5) is 0 Å². The smallest absolute Gasteiger partial charge is 0.0954 e. The molecule has 2 heterocycles. The molecule has 0 radical (unpaired) electrons. The Morgan fingerprint density at radius 1 is 1.53 bits per heavy atom. The second-order valence-corrected chi connectivity index (χ2v) is 7.39. The number of aromatic nitrogens is 1. The van der Waals surface area contributed by atoms with Crippen molar-refractivity contribution >= 4 is 11.3 Å². The van der Waals surface area contributed by atoms with Gasteiger partial charge in [0, 0.05) is 23.8 Å². The van der Waals surface area contributed by atoms with Gasteiger partial charge >= 0.3 is 0 Å². The zero-order valence-corrected chi connectivity index (χ0v) is 13.0. The van der Waals surface area contributed by atoms with E-state index in [4.69, 9.17) is 4.74 Å². The van der Waals surface area contributed by atoms with Crippen LogP contribution in [0.15, 0.2) is 5.38 Å². The normalized spacial score (nSPS) is 21.8. The number of ether oxygens (including phenoxy) is 1. The maximum Gasteiger partial charge on any atom is 0.0954 e. The molecule has 0 aliphatic carbocycles. The molecule has 19 heavy (non-hydrogen) atoms. The van der Waals surface area contributed by atoms with Gasteiger partial charge in [-0.2, -0.15) is 0 Å². The Morgan fingerprint density at radius 2 is 2.32 bits per heavy atom. The van der Waals surface area contributed by atoms with Crippen molar-refractivity contribution in [1.82, 2.24) is 4.98 Å². The van der Waals surface area contributed by atoms with Gasteiger partial charge in [-0.3, -0.25) is 0 Å².